The van der Waals surface area contributed by atoms with Crippen molar-refractivity contribution in [3.63, 3.8) is 0 Å². The normalized spacial score (nSPS) is 13.8. The van der Waals surface area contributed by atoms with E-state index in [0.717, 1.165) is 18.2 Å². The average molecular weight is 403 g/mol. The molecule has 0 fully saturated rings. The van der Waals surface area contributed by atoms with Gasteiger partial charge in [0.25, 0.3) is 0 Å². The van der Waals surface area contributed by atoms with Crippen molar-refractivity contribution in [2.45, 2.75) is 45.7 Å². The first-order chi connectivity index (χ1) is 13.2. The predicted octanol–water partition coefficient (Wildman–Crippen LogP) is 4.13. The molecule has 2 rings (SSSR count). The Bertz CT molecular complexity index is 852. The lowest BCUT2D eigenvalue weighted by Gasteiger charge is -2.32. The van der Waals surface area contributed by atoms with Crippen LogP contribution < -0.4 is 9.62 Å². The standard InChI is InChI=1S/C22H30N2O3S/c1-5-21(24(28(4,26)27)19-14-10-7-11-15-19)22(25)23-20(16-17(2)3)18-12-8-6-9-13-18/h6-15,17,20-21H,5,16H2,1-4H3,(H,23,25)/t20-,21-/m1/s1. The quantitative estimate of drug-likeness (QED) is 0.686. The van der Waals surface area contributed by atoms with Gasteiger partial charge in [-0.3, -0.25) is 9.10 Å². The first-order valence-corrected chi connectivity index (χ1v) is 11.5. The van der Waals surface area contributed by atoms with Crippen molar-refractivity contribution in [1.29, 1.82) is 0 Å². The molecule has 1 amide bonds. The van der Waals surface area contributed by atoms with E-state index in [4.69, 9.17) is 0 Å². The maximum atomic E-state index is 13.2. The minimum Gasteiger partial charge on any atom is -0.347 e. The minimum absolute atomic E-state index is 0.167. The van der Waals surface area contributed by atoms with E-state index in [2.05, 4.69) is 19.2 Å². The molecule has 0 aromatic heterocycles. The van der Waals surface area contributed by atoms with Crippen LogP contribution in [0.1, 0.15) is 45.2 Å². The van der Waals surface area contributed by atoms with Gasteiger partial charge in [0.2, 0.25) is 15.9 Å². The summed E-state index contributed by atoms with van der Waals surface area (Å²) in [5.41, 5.74) is 1.51. The monoisotopic (exact) mass is 402 g/mol. The fraction of sp³-hybridized carbons (Fsp3) is 0.409. The molecule has 0 bridgehead atoms. The maximum Gasteiger partial charge on any atom is 0.244 e. The van der Waals surface area contributed by atoms with E-state index in [9.17, 15) is 13.2 Å². The molecule has 0 saturated carbocycles. The highest BCUT2D eigenvalue weighted by molar-refractivity contribution is 7.92. The third-order valence-corrected chi connectivity index (χ3v) is 5.75. The molecule has 0 aliphatic rings. The number of sulfonamides is 1. The Hall–Kier alpha value is -2.34. The molecule has 6 heteroatoms. The van der Waals surface area contributed by atoms with Crippen molar-refractivity contribution in [2.24, 2.45) is 5.92 Å². The second-order valence-electron chi connectivity index (χ2n) is 7.42. The third-order valence-electron chi connectivity index (χ3n) is 4.57. The molecule has 0 aliphatic heterocycles. The highest BCUT2D eigenvalue weighted by atomic mass is 32.2. The largest absolute Gasteiger partial charge is 0.347 e. The van der Waals surface area contributed by atoms with Gasteiger partial charge in [-0.1, -0.05) is 69.3 Å². The summed E-state index contributed by atoms with van der Waals surface area (Å²) in [6.07, 6.45) is 2.28. The summed E-state index contributed by atoms with van der Waals surface area (Å²) < 4.78 is 26.3. The molecular formula is C22H30N2O3S. The number of hydrogen-bond donors (Lipinski definition) is 1. The average Bonchev–Trinajstić information content (AvgIpc) is 2.65. The lowest BCUT2D eigenvalue weighted by molar-refractivity contribution is -0.123. The number of rotatable bonds is 9. The number of para-hydroxylation sites is 1. The Morgan fingerprint density at radius 1 is 1.00 bits per heavy atom. The van der Waals surface area contributed by atoms with Gasteiger partial charge in [0.05, 0.1) is 18.0 Å². The molecule has 0 unspecified atom stereocenters. The van der Waals surface area contributed by atoms with Crippen molar-refractivity contribution in [1.82, 2.24) is 5.32 Å². The summed E-state index contributed by atoms with van der Waals surface area (Å²) in [5, 5.41) is 3.09. The molecule has 28 heavy (non-hydrogen) atoms. The molecule has 0 heterocycles. The fourth-order valence-corrected chi connectivity index (χ4v) is 4.55. The topological polar surface area (TPSA) is 66.5 Å². The van der Waals surface area contributed by atoms with E-state index in [-0.39, 0.29) is 11.9 Å². The Balaban J connectivity index is 2.34. The van der Waals surface area contributed by atoms with Gasteiger partial charge in [-0.2, -0.15) is 0 Å². The van der Waals surface area contributed by atoms with Crippen molar-refractivity contribution in [3.8, 4) is 0 Å². The van der Waals surface area contributed by atoms with Gasteiger partial charge < -0.3 is 5.32 Å². The molecule has 5 nitrogen and oxygen atoms in total. The number of nitrogens with zero attached hydrogens (tertiary/aromatic N) is 1. The molecule has 152 valence electrons. The Labute approximate surface area is 168 Å². The summed E-state index contributed by atoms with van der Waals surface area (Å²) in [6, 6.07) is 17.6. The van der Waals surface area contributed by atoms with E-state index in [1.54, 1.807) is 24.3 Å². The van der Waals surface area contributed by atoms with Crippen LogP contribution in [0.3, 0.4) is 0 Å². The van der Waals surface area contributed by atoms with Crippen LogP contribution >= 0.6 is 0 Å². The predicted molar refractivity (Wildman–Crippen MR) is 115 cm³/mol. The minimum atomic E-state index is -3.63. The number of nitrogens with one attached hydrogen (secondary N) is 1. The summed E-state index contributed by atoms with van der Waals surface area (Å²) in [7, 11) is -3.63. The van der Waals surface area contributed by atoms with Gasteiger partial charge in [0, 0.05) is 0 Å². The van der Waals surface area contributed by atoms with Gasteiger partial charge in [0.15, 0.2) is 0 Å². The van der Waals surface area contributed by atoms with Gasteiger partial charge in [0.1, 0.15) is 6.04 Å². The number of anilines is 1. The van der Waals surface area contributed by atoms with Crippen LogP contribution in [0.15, 0.2) is 60.7 Å². The maximum absolute atomic E-state index is 13.2. The van der Waals surface area contributed by atoms with Gasteiger partial charge in [-0.05, 0) is 36.5 Å². The molecule has 0 spiro atoms. The van der Waals surface area contributed by atoms with Crippen LogP contribution in [0.2, 0.25) is 0 Å². The van der Waals surface area contributed by atoms with E-state index < -0.39 is 16.1 Å². The Morgan fingerprint density at radius 2 is 1.54 bits per heavy atom. The molecule has 2 aromatic carbocycles. The molecule has 2 atom stereocenters. The zero-order valence-corrected chi connectivity index (χ0v) is 17.8. The fourth-order valence-electron chi connectivity index (χ4n) is 3.34. The van der Waals surface area contributed by atoms with Crippen LogP contribution in [0, 0.1) is 5.92 Å². The van der Waals surface area contributed by atoms with E-state index in [0.29, 0.717) is 18.0 Å². The lowest BCUT2D eigenvalue weighted by atomic mass is 9.96. The molecule has 0 saturated heterocycles. The summed E-state index contributed by atoms with van der Waals surface area (Å²) in [5.74, 6) is 0.0944. The van der Waals surface area contributed by atoms with Gasteiger partial charge in [-0.25, -0.2) is 8.42 Å². The molecule has 0 aliphatic carbocycles. The first-order valence-electron chi connectivity index (χ1n) is 9.63. The Morgan fingerprint density at radius 3 is 2.00 bits per heavy atom. The number of benzene rings is 2. The molecule has 2 aromatic rings. The van der Waals surface area contributed by atoms with Gasteiger partial charge in [-0.15, -0.1) is 0 Å². The van der Waals surface area contributed by atoms with E-state index >= 15 is 0 Å². The lowest BCUT2D eigenvalue weighted by Crippen LogP contribution is -2.50. The second-order valence-corrected chi connectivity index (χ2v) is 9.28. The van der Waals surface area contributed by atoms with Crippen LogP contribution in [-0.2, 0) is 14.8 Å². The summed E-state index contributed by atoms with van der Waals surface area (Å²) in [6.45, 7) is 6.03. The number of amides is 1. The highest BCUT2D eigenvalue weighted by Crippen LogP contribution is 2.25. The van der Waals surface area contributed by atoms with Crippen LogP contribution in [0.5, 0.6) is 0 Å². The smallest absolute Gasteiger partial charge is 0.244 e. The zero-order valence-electron chi connectivity index (χ0n) is 17.0. The first kappa shape index (κ1) is 22.0. The second kappa shape index (κ2) is 9.73. The number of carbonyl (C=O) groups is 1. The van der Waals surface area contributed by atoms with Crippen molar-refractivity contribution < 1.29 is 13.2 Å². The molecule has 0 radical (unpaired) electrons. The van der Waals surface area contributed by atoms with E-state index in [1.807, 2.05) is 43.3 Å². The molecular weight excluding hydrogens is 372 g/mol. The van der Waals surface area contributed by atoms with Crippen molar-refractivity contribution in [2.75, 3.05) is 10.6 Å². The summed E-state index contributed by atoms with van der Waals surface area (Å²) >= 11 is 0. The SMILES string of the molecule is CC[C@H](C(=O)N[C@H](CC(C)C)c1ccccc1)N(c1ccccc1)S(C)(=O)=O. The molecule has 1 N–H and O–H groups in total. The highest BCUT2D eigenvalue weighted by Gasteiger charge is 2.32. The van der Waals surface area contributed by atoms with Gasteiger partial charge >= 0.3 is 0 Å². The zero-order chi connectivity index (χ0) is 20.7. The number of hydrogen-bond acceptors (Lipinski definition) is 3. The Kier molecular flexibility index (Phi) is 7.63. The van der Waals surface area contributed by atoms with Crippen molar-refractivity contribution >= 4 is 21.6 Å². The summed E-state index contributed by atoms with van der Waals surface area (Å²) in [4.78, 5) is 13.2. The van der Waals surface area contributed by atoms with Crippen LogP contribution in [0.4, 0.5) is 5.69 Å². The van der Waals surface area contributed by atoms with E-state index in [1.165, 1.54) is 4.31 Å². The number of carbonyl (C=O) groups excluding carboxylic acids is 1. The van der Waals surface area contributed by atoms with Crippen LogP contribution in [0.25, 0.3) is 0 Å². The van der Waals surface area contributed by atoms with Crippen LogP contribution in [-0.4, -0.2) is 26.6 Å². The van der Waals surface area contributed by atoms with Crippen molar-refractivity contribution in [3.05, 3.63) is 66.2 Å². The third kappa shape index (κ3) is 5.83.